The molecule has 0 aliphatic heterocycles. The summed E-state index contributed by atoms with van der Waals surface area (Å²) in [4.78, 5) is 0. The molecule has 14 heavy (non-hydrogen) atoms. The van der Waals surface area contributed by atoms with Gasteiger partial charge in [0, 0.05) is 14.8 Å². The highest BCUT2D eigenvalue weighted by atomic mass is 32.1. The Morgan fingerprint density at radius 3 is 2.57 bits per heavy atom. The average molecular weight is 196 g/mol. The summed E-state index contributed by atoms with van der Waals surface area (Å²) in [6.07, 6.45) is 0. The van der Waals surface area contributed by atoms with Crippen LogP contribution in [0.25, 0.3) is 20.2 Å². The quantitative estimate of drug-likeness (QED) is 0.484. The highest BCUT2D eigenvalue weighted by Crippen LogP contribution is 2.32. The van der Waals surface area contributed by atoms with Gasteiger partial charge in [-0.25, -0.2) is 0 Å². The van der Waals surface area contributed by atoms with E-state index in [4.69, 9.17) is 0 Å². The molecule has 2 heteroatoms. The summed E-state index contributed by atoms with van der Waals surface area (Å²) in [5.41, 5.74) is 1.33. The molecular formula is C12H9BS. The fourth-order valence-corrected chi connectivity index (χ4v) is 2.93. The van der Waals surface area contributed by atoms with Crippen molar-refractivity contribution >= 4 is 44.8 Å². The largest absolute Gasteiger partial charge is 0.139 e. The van der Waals surface area contributed by atoms with E-state index in [1.807, 2.05) is 11.3 Å². The van der Waals surface area contributed by atoms with E-state index in [0.717, 1.165) is 0 Å². The number of thiophene rings is 1. The molecular weight excluding hydrogens is 187 g/mol. The van der Waals surface area contributed by atoms with Gasteiger partial charge >= 0.3 is 0 Å². The molecule has 0 radical (unpaired) electrons. The number of benzene rings is 2. The monoisotopic (exact) mass is 196 g/mol. The minimum atomic E-state index is 1.33. The maximum atomic E-state index is 2.27. The highest BCUT2D eigenvalue weighted by Gasteiger charge is 2.02. The Morgan fingerprint density at radius 1 is 0.857 bits per heavy atom. The normalized spacial score (nSPS) is 11.1. The molecule has 0 N–H and O–H groups in total. The smallest absolute Gasteiger partial charge is 0.135 e. The van der Waals surface area contributed by atoms with E-state index in [1.54, 1.807) is 0 Å². The number of hydrogen-bond acceptors (Lipinski definition) is 1. The van der Waals surface area contributed by atoms with Gasteiger partial charge in [0.15, 0.2) is 0 Å². The van der Waals surface area contributed by atoms with Crippen LogP contribution in [0.3, 0.4) is 0 Å². The predicted molar refractivity (Wildman–Crippen MR) is 67.5 cm³/mol. The fraction of sp³-hybridized carbons (Fsp3) is 0. The third-order valence-corrected chi connectivity index (χ3v) is 3.68. The lowest BCUT2D eigenvalue weighted by molar-refractivity contribution is 1.86. The number of fused-ring (bicyclic) bond motifs is 3. The van der Waals surface area contributed by atoms with E-state index >= 15 is 0 Å². The van der Waals surface area contributed by atoms with Crippen molar-refractivity contribution in [2.45, 2.75) is 0 Å². The molecule has 0 bridgehead atoms. The minimum Gasteiger partial charge on any atom is -0.135 e. The summed E-state index contributed by atoms with van der Waals surface area (Å²) in [5, 5.41) is 2.78. The highest BCUT2D eigenvalue weighted by molar-refractivity contribution is 7.25. The van der Waals surface area contributed by atoms with E-state index in [2.05, 4.69) is 50.3 Å². The van der Waals surface area contributed by atoms with Gasteiger partial charge in [-0.15, -0.1) is 11.3 Å². The summed E-state index contributed by atoms with van der Waals surface area (Å²) in [7, 11) is 2.14. The van der Waals surface area contributed by atoms with Crippen molar-refractivity contribution in [2.75, 3.05) is 0 Å². The van der Waals surface area contributed by atoms with Gasteiger partial charge in [0.1, 0.15) is 7.85 Å². The van der Waals surface area contributed by atoms with Crippen LogP contribution >= 0.6 is 11.3 Å². The van der Waals surface area contributed by atoms with Gasteiger partial charge in [-0.05, 0) is 17.5 Å². The summed E-state index contributed by atoms with van der Waals surface area (Å²) in [6.45, 7) is 0. The molecule has 0 aliphatic carbocycles. The second kappa shape index (κ2) is 2.86. The van der Waals surface area contributed by atoms with Crippen LogP contribution < -0.4 is 5.46 Å². The van der Waals surface area contributed by atoms with E-state index in [-0.39, 0.29) is 0 Å². The summed E-state index contributed by atoms with van der Waals surface area (Å²) < 4.78 is 2.77. The van der Waals surface area contributed by atoms with Crippen LogP contribution in [-0.4, -0.2) is 7.85 Å². The van der Waals surface area contributed by atoms with Crippen molar-refractivity contribution in [3.05, 3.63) is 42.5 Å². The van der Waals surface area contributed by atoms with E-state index < -0.39 is 0 Å². The Bertz CT molecular complexity index is 610. The third-order valence-electron chi connectivity index (χ3n) is 2.53. The lowest BCUT2D eigenvalue weighted by Crippen LogP contribution is -1.98. The first-order valence-corrected chi connectivity index (χ1v) is 5.54. The first kappa shape index (κ1) is 8.07. The Labute approximate surface area is 87.6 Å². The van der Waals surface area contributed by atoms with Crippen LogP contribution in [0, 0.1) is 0 Å². The molecule has 0 fully saturated rings. The summed E-state index contributed by atoms with van der Waals surface area (Å²) in [6, 6.07) is 15.3. The molecule has 2 aromatic carbocycles. The first-order chi connectivity index (χ1) is 6.84. The number of hydrogen-bond donors (Lipinski definition) is 0. The van der Waals surface area contributed by atoms with E-state index in [0.29, 0.717) is 0 Å². The maximum absolute atomic E-state index is 2.27. The fourth-order valence-electron chi connectivity index (χ4n) is 1.84. The molecule has 3 aromatic rings. The second-order valence-electron chi connectivity index (χ2n) is 3.60. The van der Waals surface area contributed by atoms with Gasteiger partial charge in [-0.3, -0.25) is 0 Å². The van der Waals surface area contributed by atoms with Crippen molar-refractivity contribution in [2.24, 2.45) is 0 Å². The Hall–Kier alpha value is -1.28. The lowest BCUT2D eigenvalue weighted by atomic mass is 9.95. The van der Waals surface area contributed by atoms with Crippen LogP contribution in [0.1, 0.15) is 0 Å². The van der Waals surface area contributed by atoms with Crippen molar-refractivity contribution in [3.8, 4) is 0 Å². The standard InChI is InChI=1S/C12H9BS/c13-8-5-6-12-10(7-8)9-3-1-2-4-11(9)14-12/h1-7H,13H2. The molecule has 0 nitrogen and oxygen atoms in total. The molecule has 66 valence electrons. The van der Waals surface area contributed by atoms with Crippen molar-refractivity contribution < 1.29 is 0 Å². The van der Waals surface area contributed by atoms with Crippen LogP contribution in [0.2, 0.25) is 0 Å². The van der Waals surface area contributed by atoms with Gasteiger partial charge in [-0.1, -0.05) is 35.8 Å². The molecule has 0 saturated heterocycles. The molecule has 0 spiro atoms. The van der Waals surface area contributed by atoms with Crippen molar-refractivity contribution in [1.82, 2.24) is 0 Å². The zero-order valence-electron chi connectivity index (χ0n) is 7.95. The SMILES string of the molecule is Bc1ccc2sc3ccccc3c2c1. The maximum Gasteiger partial charge on any atom is 0.139 e. The molecule has 0 aliphatic rings. The van der Waals surface area contributed by atoms with Gasteiger partial charge in [-0.2, -0.15) is 0 Å². The lowest BCUT2D eigenvalue weighted by Gasteiger charge is -1.93. The van der Waals surface area contributed by atoms with Gasteiger partial charge < -0.3 is 0 Å². The van der Waals surface area contributed by atoms with Crippen LogP contribution in [-0.2, 0) is 0 Å². The Kier molecular flexibility index (Phi) is 1.65. The number of rotatable bonds is 0. The molecule has 1 aromatic heterocycles. The summed E-state index contributed by atoms with van der Waals surface area (Å²) >= 11 is 1.87. The zero-order chi connectivity index (χ0) is 9.54. The molecule has 0 saturated carbocycles. The second-order valence-corrected chi connectivity index (χ2v) is 4.68. The third kappa shape index (κ3) is 1.07. The molecule has 0 unspecified atom stereocenters. The first-order valence-electron chi connectivity index (χ1n) is 4.72. The van der Waals surface area contributed by atoms with Crippen LogP contribution in [0.5, 0.6) is 0 Å². The van der Waals surface area contributed by atoms with Crippen molar-refractivity contribution in [3.63, 3.8) is 0 Å². The topological polar surface area (TPSA) is 0 Å². The van der Waals surface area contributed by atoms with Gasteiger partial charge in [0.25, 0.3) is 0 Å². The van der Waals surface area contributed by atoms with Crippen LogP contribution in [0.15, 0.2) is 42.5 Å². The molecule has 0 amide bonds. The Morgan fingerprint density at radius 2 is 1.64 bits per heavy atom. The minimum absolute atomic E-state index is 1.33. The van der Waals surface area contributed by atoms with E-state index in [1.165, 1.54) is 25.6 Å². The summed E-state index contributed by atoms with van der Waals surface area (Å²) in [5.74, 6) is 0. The molecule has 0 atom stereocenters. The van der Waals surface area contributed by atoms with E-state index in [9.17, 15) is 0 Å². The van der Waals surface area contributed by atoms with Crippen LogP contribution in [0.4, 0.5) is 0 Å². The zero-order valence-corrected chi connectivity index (χ0v) is 8.77. The predicted octanol–water partition coefficient (Wildman–Crippen LogP) is 2.31. The average Bonchev–Trinajstić information content (AvgIpc) is 2.56. The molecule has 1 heterocycles. The van der Waals surface area contributed by atoms with Crippen molar-refractivity contribution in [1.29, 1.82) is 0 Å². The molecule has 3 rings (SSSR count). The van der Waals surface area contributed by atoms with Gasteiger partial charge in [0.05, 0.1) is 0 Å². The Balaban J connectivity index is 2.58. The van der Waals surface area contributed by atoms with Gasteiger partial charge in [0.2, 0.25) is 0 Å².